The minimum Gasteiger partial charge on any atom is -0.480 e. The van der Waals surface area contributed by atoms with Crippen molar-refractivity contribution in [2.24, 2.45) is 0 Å². The molecule has 2 aromatic rings. The Bertz CT molecular complexity index is 509. The Balaban J connectivity index is 2.30. The van der Waals surface area contributed by atoms with Gasteiger partial charge in [-0.25, -0.2) is 4.34 Å². The lowest BCUT2D eigenvalue weighted by Crippen LogP contribution is -2.32. The first kappa shape index (κ1) is 11.2. The maximum absolute atomic E-state index is 10.9. The number of rotatable bonds is 4. The van der Waals surface area contributed by atoms with Crippen LogP contribution in [0.5, 0.6) is 0 Å². The summed E-state index contributed by atoms with van der Waals surface area (Å²) in [4.78, 5) is 14.0. The highest BCUT2D eigenvalue weighted by Crippen LogP contribution is 2.19. The molecule has 0 spiro atoms. The van der Waals surface area contributed by atoms with Gasteiger partial charge in [-0.1, -0.05) is 18.2 Å². The molecule has 84 valence electrons. The van der Waals surface area contributed by atoms with Crippen molar-refractivity contribution < 1.29 is 9.90 Å². The van der Waals surface area contributed by atoms with Crippen LogP contribution in [0.4, 0.5) is 0 Å². The second kappa shape index (κ2) is 4.67. The summed E-state index contributed by atoms with van der Waals surface area (Å²) in [5, 5.41) is 10.0. The molecule has 1 aromatic carbocycles. The van der Waals surface area contributed by atoms with Crippen molar-refractivity contribution in [1.29, 1.82) is 0 Å². The summed E-state index contributed by atoms with van der Waals surface area (Å²) >= 11 is 2.99. The predicted octanol–water partition coefficient (Wildman–Crippen LogP) is 2.06. The molecule has 2 rings (SSSR count). The molecule has 0 aliphatic rings. The minimum atomic E-state index is -0.873. The zero-order chi connectivity index (χ0) is 11.5. The second-order valence-electron chi connectivity index (χ2n) is 3.56. The molecule has 3 N–H and O–H groups in total. The Kier molecular flexibility index (Phi) is 3.26. The van der Waals surface area contributed by atoms with Gasteiger partial charge in [-0.05, 0) is 11.6 Å². The molecule has 0 bridgehead atoms. The molecule has 0 amide bonds. The molecule has 1 atom stereocenters. The van der Waals surface area contributed by atoms with Crippen LogP contribution in [0.1, 0.15) is 5.56 Å². The standard InChI is InChI=1S/C11H11BrN2O2/c12-14-10(11(15)16)5-7-6-13-9-4-2-1-3-8(7)9/h1-4,6,10,13-14H,5H2,(H,15,16)/t10-/m0/s1. The topological polar surface area (TPSA) is 65.1 Å². The lowest BCUT2D eigenvalue weighted by molar-refractivity contribution is -0.138. The van der Waals surface area contributed by atoms with Crippen molar-refractivity contribution in [3.05, 3.63) is 36.0 Å². The van der Waals surface area contributed by atoms with Crippen molar-refractivity contribution >= 4 is 33.0 Å². The van der Waals surface area contributed by atoms with E-state index in [4.69, 9.17) is 5.11 Å². The maximum Gasteiger partial charge on any atom is 0.321 e. The molecular weight excluding hydrogens is 272 g/mol. The zero-order valence-electron chi connectivity index (χ0n) is 8.40. The number of halogens is 1. The van der Waals surface area contributed by atoms with E-state index in [1.807, 2.05) is 30.5 Å². The lowest BCUT2D eigenvalue weighted by atomic mass is 10.1. The monoisotopic (exact) mass is 282 g/mol. The summed E-state index contributed by atoms with van der Waals surface area (Å²) in [7, 11) is 0. The third kappa shape index (κ3) is 2.10. The van der Waals surface area contributed by atoms with E-state index in [9.17, 15) is 4.79 Å². The maximum atomic E-state index is 10.9. The molecule has 0 unspecified atom stereocenters. The lowest BCUT2D eigenvalue weighted by Gasteiger charge is -2.08. The van der Waals surface area contributed by atoms with Gasteiger partial charge in [0.1, 0.15) is 6.04 Å². The van der Waals surface area contributed by atoms with E-state index < -0.39 is 12.0 Å². The van der Waals surface area contributed by atoms with Gasteiger partial charge < -0.3 is 10.1 Å². The Labute approximate surface area is 101 Å². The van der Waals surface area contributed by atoms with E-state index in [1.54, 1.807) is 0 Å². The van der Waals surface area contributed by atoms with Gasteiger partial charge in [0.15, 0.2) is 0 Å². The first-order valence-corrected chi connectivity index (χ1v) is 5.65. The summed E-state index contributed by atoms with van der Waals surface area (Å²) in [5.41, 5.74) is 2.02. The third-order valence-corrected chi connectivity index (χ3v) is 3.08. The normalized spacial score (nSPS) is 12.8. The fraction of sp³-hybridized carbons (Fsp3) is 0.182. The second-order valence-corrected chi connectivity index (χ2v) is 4.02. The Morgan fingerprint density at radius 1 is 1.50 bits per heavy atom. The molecule has 4 nitrogen and oxygen atoms in total. The van der Waals surface area contributed by atoms with Crippen molar-refractivity contribution in [3.63, 3.8) is 0 Å². The molecule has 0 fully saturated rings. The SMILES string of the molecule is O=C(O)[C@H](Cc1c[nH]c2ccccc12)NBr. The third-order valence-electron chi connectivity index (χ3n) is 2.53. The van der Waals surface area contributed by atoms with Crippen LogP contribution in [0.2, 0.25) is 0 Å². The number of carbonyl (C=O) groups is 1. The fourth-order valence-corrected chi connectivity index (χ4v) is 2.05. The summed E-state index contributed by atoms with van der Waals surface area (Å²) in [6, 6.07) is 7.21. The summed E-state index contributed by atoms with van der Waals surface area (Å²) in [5.74, 6) is -0.873. The average molecular weight is 283 g/mol. The summed E-state index contributed by atoms with van der Waals surface area (Å²) in [6.07, 6.45) is 2.29. The highest BCUT2D eigenvalue weighted by atomic mass is 79.9. The van der Waals surface area contributed by atoms with Gasteiger partial charge in [-0.3, -0.25) is 4.79 Å². The van der Waals surface area contributed by atoms with Crippen LogP contribution >= 0.6 is 16.1 Å². The van der Waals surface area contributed by atoms with Gasteiger partial charge in [0, 0.05) is 39.7 Å². The number of hydrogen-bond donors (Lipinski definition) is 3. The molecule has 0 saturated carbocycles. The Morgan fingerprint density at radius 3 is 2.94 bits per heavy atom. The van der Waals surface area contributed by atoms with Crippen LogP contribution in [0.15, 0.2) is 30.5 Å². The van der Waals surface area contributed by atoms with E-state index in [0.717, 1.165) is 16.5 Å². The van der Waals surface area contributed by atoms with Crippen molar-refractivity contribution in [2.45, 2.75) is 12.5 Å². The van der Waals surface area contributed by atoms with Gasteiger partial charge in [0.2, 0.25) is 0 Å². The van der Waals surface area contributed by atoms with Crippen molar-refractivity contribution in [2.75, 3.05) is 0 Å². The molecule has 5 heteroatoms. The van der Waals surface area contributed by atoms with Gasteiger partial charge in [0.25, 0.3) is 0 Å². The number of para-hydroxylation sites is 1. The first-order chi connectivity index (χ1) is 7.72. The number of nitrogens with one attached hydrogen (secondary N) is 2. The highest BCUT2D eigenvalue weighted by molar-refractivity contribution is 9.08. The van der Waals surface area contributed by atoms with E-state index in [-0.39, 0.29) is 0 Å². The number of carboxylic acid groups (broad SMARTS) is 1. The highest BCUT2D eigenvalue weighted by Gasteiger charge is 2.17. The quantitative estimate of drug-likeness (QED) is 0.752. The van der Waals surface area contributed by atoms with Crippen LogP contribution in [-0.4, -0.2) is 22.1 Å². The van der Waals surface area contributed by atoms with E-state index >= 15 is 0 Å². The van der Waals surface area contributed by atoms with Crippen molar-refractivity contribution in [3.8, 4) is 0 Å². The van der Waals surface area contributed by atoms with E-state index in [0.29, 0.717) is 6.42 Å². The number of hydrogen-bond acceptors (Lipinski definition) is 2. The number of benzene rings is 1. The summed E-state index contributed by atoms with van der Waals surface area (Å²) in [6.45, 7) is 0. The number of aromatic nitrogens is 1. The molecule has 0 saturated heterocycles. The zero-order valence-corrected chi connectivity index (χ0v) is 9.99. The van der Waals surface area contributed by atoms with E-state index in [1.165, 1.54) is 0 Å². The average Bonchev–Trinajstić information content (AvgIpc) is 2.69. The van der Waals surface area contributed by atoms with Gasteiger partial charge in [0.05, 0.1) is 0 Å². The summed E-state index contributed by atoms with van der Waals surface area (Å²) < 4.78 is 2.60. The number of fused-ring (bicyclic) bond motifs is 1. The van der Waals surface area contributed by atoms with Crippen LogP contribution in [0, 0.1) is 0 Å². The van der Waals surface area contributed by atoms with Crippen molar-refractivity contribution in [1.82, 2.24) is 9.33 Å². The largest absolute Gasteiger partial charge is 0.480 e. The minimum absolute atomic E-state index is 0.435. The predicted molar refractivity (Wildman–Crippen MR) is 65.5 cm³/mol. The first-order valence-electron chi connectivity index (χ1n) is 4.86. The molecule has 0 aliphatic carbocycles. The van der Waals surface area contributed by atoms with Crippen LogP contribution in [0.3, 0.4) is 0 Å². The molecule has 1 heterocycles. The Hall–Kier alpha value is -1.33. The van der Waals surface area contributed by atoms with Crippen LogP contribution in [-0.2, 0) is 11.2 Å². The molecule has 0 radical (unpaired) electrons. The number of carboxylic acids is 1. The van der Waals surface area contributed by atoms with Gasteiger partial charge >= 0.3 is 5.97 Å². The van der Waals surface area contributed by atoms with Gasteiger partial charge in [-0.2, -0.15) is 0 Å². The van der Waals surface area contributed by atoms with Crippen LogP contribution in [0.25, 0.3) is 10.9 Å². The Morgan fingerprint density at radius 2 is 2.25 bits per heavy atom. The number of aliphatic carboxylic acids is 1. The van der Waals surface area contributed by atoms with E-state index in [2.05, 4.69) is 25.5 Å². The number of H-pyrrole nitrogens is 1. The fourth-order valence-electron chi connectivity index (χ4n) is 1.69. The van der Waals surface area contributed by atoms with Crippen LogP contribution < -0.4 is 4.34 Å². The van der Waals surface area contributed by atoms with Gasteiger partial charge in [-0.15, -0.1) is 0 Å². The smallest absolute Gasteiger partial charge is 0.321 e. The molecule has 0 aliphatic heterocycles. The molecule has 1 aromatic heterocycles. The molecule has 16 heavy (non-hydrogen) atoms. The molecular formula is C11H11BrN2O2. The number of aromatic amines is 1.